The summed E-state index contributed by atoms with van der Waals surface area (Å²) in [7, 11) is -3.95. The predicted molar refractivity (Wildman–Crippen MR) is 155 cm³/mol. The van der Waals surface area contributed by atoms with Crippen LogP contribution < -0.4 is 10.5 Å². The minimum atomic E-state index is -3.95. The van der Waals surface area contributed by atoms with E-state index in [2.05, 4.69) is 14.6 Å². The van der Waals surface area contributed by atoms with Crippen LogP contribution in [-0.4, -0.2) is 55.3 Å². The highest BCUT2D eigenvalue weighted by Crippen LogP contribution is 2.27. The van der Waals surface area contributed by atoms with Gasteiger partial charge in [0.05, 0.1) is 21.2 Å². The third kappa shape index (κ3) is 6.03. The van der Waals surface area contributed by atoms with Crippen LogP contribution in [0.1, 0.15) is 21.5 Å². The molecule has 202 valence electrons. The molecule has 0 atom stereocenters. The van der Waals surface area contributed by atoms with Crippen molar-refractivity contribution in [3.8, 4) is 0 Å². The number of pyridine rings is 1. The van der Waals surface area contributed by atoms with Crippen LogP contribution in [0, 0.1) is 0 Å². The SMILES string of the molecule is NCc1cc(C(=O)N2CCN(Cc3ccc(Cl)c(Cl)c3)CC2)ccc1NS(=O)(=O)c1cccc2cccnc12. The summed E-state index contributed by atoms with van der Waals surface area (Å²) < 4.78 is 29.2. The van der Waals surface area contributed by atoms with E-state index in [1.807, 2.05) is 12.1 Å². The number of hydrogen-bond donors (Lipinski definition) is 2. The monoisotopic (exact) mass is 583 g/mol. The second-order valence-electron chi connectivity index (χ2n) is 9.33. The van der Waals surface area contributed by atoms with E-state index in [-0.39, 0.29) is 17.3 Å². The lowest BCUT2D eigenvalue weighted by atomic mass is 10.1. The molecule has 0 radical (unpaired) electrons. The van der Waals surface area contributed by atoms with E-state index in [0.29, 0.717) is 58.6 Å². The Kier molecular flexibility index (Phi) is 8.06. The molecule has 5 rings (SSSR count). The number of carbonyl (C=O) groups excluding carboxylic acids is 1. The standard InChI is InChI=1S/C28H27Cl2N5O3S/c29-23-8-6-19(15-24(23)30)18-34-11-13-35(14-12-34)28(36)21-7-9-25(22(16-21)17-31)33-39(37,38)26-5-1-3-20-4-2-10-32-27(20)26/h1-10,15-16,33H,11-14,17-18,31H2. The molecule has 0 aliphatic carbocycles. The number of nitrogens with two attached hydrogens (primary N) is 1. The molecule has 0 saturated carbocycles. The number of halogens is 2. The number of nitrogens with one attached hydrogen (secondary N) is 1. The number of piperazine rings is 1. The fourth-order valence-electron chi connectivity index (χ4n) is 4.68. The second kappa shape index (κ2) is 11.5. The maximum absolute atomic E-state index is 13.3. The topological polar surface area (TPSA) is 109 Å². The van der Waals surface area contributed by atoms with Crippen molar-refractivity contribution in [3.63, 3.8) is 0 Å². The van der Waals surface area contributed by atoms with Gasteiger partial charge in [-0.25, -0.2) is 8.42 Å². The zero-order valence-corrected chi connectivity index (χ0v) is 23.3. The van der Waals surface area contributed by atoms with E-state index in [0.717, 1.165) is 17.5 Å². The zero-order valence-electron chi connectivity index (χ0n) is 21.0. The van der Waals surface area contributed by atoms with Gasteiger partial charge < -0.3 is 10.6 Å². The lowest BCUT2D eigenvalue weighted by Crippen LogP contribution is -2.48. The van der Waals surface area contributed by atoms with E-state index >= 15 is 0 Å². The third-order valence-electron chi connectivity index (χ3n) is 6.75. The Morgan fingerprint density at radius 2 is 1.72 bits per heavy atom. The highest BCUT2D eigenvalue weighted by atomic mass is 35.5. The van der Waals surface area contributed by atoms with Crippen LogP contribution in [0.25, 0.3) is 10.9 Å². The fraction of sp³-hybridized carbons (Fsp3) is 0.214. The maximum atomic E-state index is 13.3. The number of benzene rings is 3. The van der Waals surface area contributed by atoms with Gasteiger partial charge in [-0.05, 0) is 53.6 Å². The van der Waals surface area contributed by atoms with Crippen LogP contribution in [-0.2, 0) is 23.1 Å². The van der Waals surface area contributed by atoms with Crippen molar-refractivity contribution in [3.05, 3.63) is 99.7 Å². The average Bonchev–Trinajstić information content (AvgIpc) is 2.95. The number of fused-ring (bicyclic) bond motifs is 1. The minimum absolute atomic E-state index is 0.0597. The summed E-state index contributed by atoms with van der Waals surface area (Å²) in [6, 6.07) is 19.0. The average molecular weight is 585 g/mol. The third-order valence-corrected chi connectivity index (χ3v) is 8.89. The lowest BCUT2D eigenvalue weighted by Gasteiger charge is -2.35. The molecule has 4 aromatic rings. The molecule has 0 unspecified atom stereocenters. The maximum Gasteiger partial charge on any atom is 0.264 e. The van der Waals surface area contributed by atoms with E-state index in [4.69, 9.17) is 28.9 Å². The molecule has 0 bridgehead atoms. The first-order chi connectivity index (χ1) is 18.7. The Morgan fingerprint density at radius 1 is 0.949 bits per heavy atom. The molecular weight excluding hydrogens is 557 g/mol. The summed E-state index contributed by atoms with van der Waals surface area (Å²) in [6.45, 7) is 3.35. The smallest absolute Gasteiger partial charge is 0.264 e. The number of hydrogen-bond acceptors (Lipinski definition) is 6. The second-order valence-corrected chi connectivity index (χ2v) is 11.8. The van der Waals surface area contributed by atoms with Gasteiger partial charge in [-0.2, -0.15) is 0 Å². The molecule has 2 heterocycles. The Hall–Kier alpha value is -3.21. The minimum Gasteiger partial charge on any atom is -0.336 e. The lowest BCUT2D eigenvalue weighted by molar-refractivity contribution is 0.0628. The van der Waals surface area contributed by atoms with Gasteiger partial charge in [0.15, 0.2) is 0 Å². The van der Waals surface area contributed by atoms with E-state index in [9.17, 15) is 13.2 Å². The summed E-state index contributed by atoms with van der Waals surface area (Å²) in [5.41, 5.74) is 8.72. The van der Waals surface area contributed by atoms with Crippen molar-refractivity contribution in [2.75, 3.05) is 30.9 Å². The molecular formula is C28H27Cl2N5O3S. The summed E-state index contributed by atoms with van der Waals surface area (Å²) in [5, 5.41) is 1.77. The molecule has 39 heavy (non-hydrogen) atoms. The van der Waals surface area contributed by atoms with Gasteiger partial charge in [0, 0.05) is 56.4 Å². The normalized spacial score (nSPS) is 14.5. The van der Waals surface area contributed by atoms with Gasteiger partial charge >= 0.3 is 0 Å². The Bertz CT molecular complexity index is 1630. The number of amides is 1. The van der Waals surface area contributed by atoms with Gasteiger partial charge in [-0.3, -0.25) is 19.4 Å². The first-order valence-corrected chi connectivity index (χ1v) is 14.6. The molecule has 1 fully saturated rings. The molecule has 1 amide bonds. The molecule has 1 aliphatic rings. The molecule has 1 aromatic heterocycles. The first kappa shape index (κ1) is 27.4. The van der Waals surface area contributed by atoms with E-state index in [1.54, 1.807) is 59.6 Å². The number of rotatable bonds is 7. The number of nitrogens with zero attached hydrogens (tertiary/aromatic N) is 3. The molecule has 3 aromatic carbocycles. The van der Waals surface area contributed by atoms with Gasteiger partial charge in [0.1, 0.15) is 4.90 Å². The van der Waals surface area contributed by atoms with Gasteiger partial charge in [-0.1, -0.05) is 47.5 Å². The molecule has 11 heteroatoms. The summed E-state index contributed by atoms with van der Waals surface area (Å²) in [6.07, 6.45) is 1.56. The number of anilines is 1. The molecule has 1 saturated heterocycles. The summed E-state index contributed by atoms with van der Waals surface area (Å²) >= 11 is 12.2. The van der Waals surface area contributed by atoms with Crippen LogP contribution >= 0.6 is 23.2 Å². The quantitative estimate of drug-likeness (QED) is 0.325. The fourth-order valence-corrected chi connectivity index (χ4v) is 6.28. The Morgan fingerprint density at radius 3 is 2.46 bits per heavy atom. The van der Waals surface area contributed by atoms with Gasteiger partial charge in [-0.15, -0.1) is 0 Å². The number of carbonyl (C=O) groups is 1. The van der Waals surface area contributed by atoms with Crippen LogP contribution in [0.5, 0.6) is 0 Å². The zero-order chi connectivity index (χ0) is 27.6. The summed E-state index contributed by atoms with van der Waals surface area (Å²) in [4.78, 5) is 21.6. The molecule has 1 aliphatic heterocycles. The van der Waals surface area contributed by atoms with Crippen LogP contribution in [0.15, 0.2) is 77.8 Å². The van der Waals surface area contributed by atoms with Gasteiger partial charge in [0.2, 0.25) is 0 Å². The van der Waals surface area contributed by atoms with Crippen molar-refractivity contribution in [2.45, 2.75) is 18.0 Å². The molecule has 3 N–H and O–H groups in total. The van der Waals surface area contributed by atoms with Crippen molar-refractivity contribution in [1.29, 1.82) is 0 Å². The van der Waals surface area contributed by atoms with Crippen molar-refractivity contribution in [2.24, 2.45) is 5.73 Å². The highest BCUT2D eigenvalue weighted by Gasteiger charge is 2.24. The predicted octanol–water partition coefficient (Wildman–Crippen LogP) is 4.76. The van der Waals surface area contributed by atoms with Crippen LogP contribution in [0.2, 0.25) is 10.0 Å². The summed E-state index contributed by atoms with van der Waals surface area (Å²) in [5.74, 6) is -0.119. The molecule has 0 spiro atoms. The number of sulfonamides is 1. The van der Waals surface area contributed by atoms with Gasteiger partial charge in [0.25, 0.3) is 15.9 Å². The Labute approximate surface area is 237 Å². The largest absolute Gasteiger partial charge is 0.336 e. The van der Waals surface area contributed by atoms with Crippen LogP contribution in [0.4, 0.5) is 5.69 Å². The van der Waals surface area contributed by atoms with Crippen molar-refractivity contribution >= 4 is 55.7 Å². The first-order valence-electron chi connectivity index (χ1n) is 12.4. The van der Waals surface area contributed by atoms with E-state index in [1.165, 1.54) is 6.07 Å². The van der Waals surface area contributed by atoms with Crippen molar-refractivity contribution in [1.82, 2.24) is 14.8 Å². The van der Waals surface area contributed by atoms with Crippen LogP contribution in [0.3, 0.4) is 0 Å². The number of para-hydroxylation sites is 1. The van der Waals surface area contributed by atoms with Crippen molar-refractivity contribution < 1.29 is 13.2 Å². The highest BCUT2D eigenvalue weighted by molar-refractivity contribution is 7.93. The Balaban J connectivity index is 1.27. The van der Waals surface area contributed by atoms with E-state index < -0.39 is 10.0 Å². The number of aromatic nitrogens is 1. The molecule has 8 nitrogen and oxygen atoms in total.